The fourth-order valence-corrected chi connectivity index (χ4v) is 2.64. The molecule has 0 bridgehead atoms. The van der Waals surface area contributed by atoms with Gasteiger partial charge in [0.1, 0.15) is 17.5 Å². The molecular formula is C21H20N2O. The molecule has 120 valence electrons. The van der Waals surface area contributed by atoms with Crippen LogP contribution in [0, 0.1) is 6.92 Å². The van der Waals surface area contributed by atoms with E-state index in [1.165, 1.54) is 0 Å². The number of hydrogen-bond acceptors (Lipinski definition) is 3. The molecule has 0 radical (unpaired) electrons. The molecule has 0 unspecified atom stereocenters. The van der Waals surface area contributed by atoms with E-state index in [1.54, 1.807) is 7.11 Å². The fourth-order valence-electron chi connectivity index (χ4n) is 2.64. The van der Waals surface area contributed by atoms with Gasteiger partial charge >= 0.3 is 0 Å². The topological polar surface area (TPSA) is 34.0 Å². The van der Waals surface area contributed by atoms with Gasteiger partial charge in [-0.15, -0.1) is 0 Å². The minimum Gasteiger partial charge on any atom is -0.494 e. The highest BCUT2D eigenvalue weighted by Gasteiger charge is 2.13. The molecule has 0 aliphatic rings. The number of benzene rings is 3. The third-order valence-corrected chi connectivity index (χ3v) is 3.92. The summed E-state index contributed by atoms with van der Waals surface area (Å²) in [5.74, 6) is 0.735. The summed E-state index contributed by atoms with van der Waals surface area (Å²) in [5.41, 5.74) is 4.04. The maximum absolute atomic E-state index is 5.42. The van der Waals surface area contributed by atoms with Crippen molar-refractivity contribution in [3.63, 3.8) is 0 Å². The van der Waals surface area contributed by atoms with Crippen molar-refractivity contribution >= 4 is 5.69 Å². The van der Waals surface area contributed by atoms with Crippen LogP contribution in [0.4, 0.5) is 5.69 Å². The number of hydrogen-bond donors (Lipinski definition) is 0. The van der Waals surface area contributed by atoms with Crippen LogP contribution in [-0.2, 0) is 0 Å². The average molecular weight is 316 g/mol. The zero-order valence-corrected chi connectivity index (χ0v) is 13.9. The van der Waals surface area contributed by atoms with Crippen LogP contribution < -0.4 is 4.74 Å². The first kappa shape index (κ1) is 15.9. The van der Waals surface area contributed by atoms with Gasteiger partial charge in [0.05, 0.1) is 7.11 Å². The summed E-state index contributed by atoms with van der Waals surface area (Å²) in [6.07, 6.45) is 0. The predicted octanol–water partition coefficient (Wildman–Crippen LogP) is 5.88. The van der Waals surface area contributed by atoms with Crippen molar-refractivity contribution < 1.29 is 4.74 Å². The lowest BCUT2D eigenvalue weighted by atomic mass is 10.00. The van der Waals surface area contributed by atoms with Crippen molar-refractivity contribution in [2.24, 2.45) is 10.2 Å². The molecule has 0 fully saturated rings. The summed E-state index contributed by atoms with van der Waals surface area (Å²) in [4.78, 5) is 0. The van der Waals surface area contributed by atoms with E-state index in [-0.39, 0.29) is 6.04 Å². The van der Waals surface area contributed by atoms with Crippen molar-refractivity contribution in [1.29, 1.82) is 0 Å². The van der Waals surface area contributed by atoms with Gasteiger partial charge in [0.2, 0.25) is 0 Å². The number of ether oxygens (including phenoxy) is 1. The van der Waals surface area contributed by atoms with E-state index >= 15 is 0 Å². The first-order chi connectivity index (χ1) is 11.8. The molecule has 0 saturated carbocycles. The Morgan fingerprint density at radius 2 is 1.33 bits per heavy atom. The van der Waals surface area contributed by atoms with E-state index in [9.17, 15) is 0 Å². The lowest BCUT2D eigenvalue weighted by molar-refractivity contribution is 0.415. The summed E-state index contributed by atoms with van der Waals surface area (Å²) >= 11 is 0. The van der Waals surface area contributed by atoms with Gasteiger partial charge in [0.15, 0.2) is 0 Å². The Balaban J connectivity index is 2.02. The van der Waals surface area contributed by atoms with Crippen LogP contribution in [0.1, 0.15) is 22.7 Å². The van der Waals surface area contributed by atoms with Crippen LogP contribution in [0.5, 0.6) is 5.75 Å². The summed E-state index contributed by atoms with van der Waals surface area (Å²) in [6.45, 7) is 2.01. The molecule has 3 heteroatoms. The minimum absolute atomic E-state index is 0.142. The van der Waals surface area contributed by atoms with E-state index in [2.05, 4.69) is 34.5 Å². The Morgan fingerprint density at radius 3 is 1.88 bits per heavy atom. The van der Waals surface area contributed by atoms with Crippen LogP contribution in [0.15, 0.2) is 89.1 Å². The van der Waals surface area contributed by atoms with Gasteiger partial charge < -0.3 is 4.74 Å². The molecule has 3 rings (SSSR count). The Hall–Kier alpha value is -2.94. The Labute approximate surface area is 142 Å². The van der Waals surface area contributed by atoms with Crippen LogP contribution in [0.2, 0.25) is 0 Å². The normalized spacial score (nSPS) is 11.1. The number of rotatable bonds is 5. The second kappa shape index (κ2) is 7.55. The summed E-state index contributed by atoms with van der Waals surface area (Å²) in [7, 11) is 1.65. The monoisotopic (exact) mass is 316 g/mol. The van der Waals surface area contributed by atoms with E-state index in [1.807, 2.05) is 61.5 Å². The van der Waals surface area contributed by atoms with Crippen LogP contribution >= 0.6 is 0 Å². The van der Waals surface area contributed by atoms with Crippen LogP contribution in [0.3, 0.4) is 0 Å². The van der Waals surface area contributed by atoms with Crippen molar-refractivity contribution in [1.82, 2.24) is 0 Å². The molecular weight excluding hydrogens is 296 g/mol. The third kappa shape index (κ3) is 3.51. The molecule has 0 heterocycles. The quantitative estimate of drug-likeness (QED) is 0.541. The Morgan fingerprint density at radius 1 is 0.750 bits per heavy atom. The zero-order chi connectivity index (χ0) is 16.8. The highest BCUT2D eigenvalue weighted by Crippen LogP contribution is 2.34. The van der Waals surface area contributed by atoms with Gasteiger partial charge in [-0.1, -0.05) is 72.8 Å². The van der Waals surface area contributed by atoms with Crippen LogP contribution in [0.25, 0.3) is 0 Å². The molecule has 3 aromatic rings. The number of methoxy groups -OCH3 is 1. The minimum atomic E-state index is -0.142. The molecule has 3 aromatic carbocycles. The van der Waals surface area contributed by atoms with Gasteiger partial charge in [-0.25, -0.2) is 0 Å². The van der Waals surface area contributed by atoms with Crippen molar-refractivity contribution in [2.75, 3.05) is 7.11 Å². The standard InChI is InChI=1S/C21H20N2O/c1-16-10-9-15-19(24-2)20(16)22-23-21(17-11-5-3-6-12-17)18-13-7-4-8-14-18/h3-15,21H,1-2H3. The maximum Gasteiger partial charge on any atom is 0.146 e. The van der Waals surface area contributed by atoms with Crippen molar-refractivity contribution in [2.45, 2.75) is 13.0 Å². The van der Waals surface area contributed by atoms with E-state index in [0.717, 1.165) is 28.1 Å². The number of nitrogens with zero attached hydrogens (tertiary/aromatic N) is 2. The highest BCUT2D eigenvalue weighted by atomic mass is 16.5. The highest BCUT2D eigenvalue weighted by molar-refractivity contribution is 5.56. The van der Waals surface area contributed by atoms with Crippen molar-refractivity contribution in [3.8, 4) is 5.75 Å². The molecule has 0 spiro atoms. The smallest absolute Gasteiger partial charge is 0.146 e. The van der Waals surface area contributed by atoms with Gasteiger partial charge in [-0.2, -0.15) is 10.2 Å². The van der Waals surface area contributed by atoms with Gasteiger partial charge in [-0.3, -0.25) is 0 Å². The SMILES string of the molecule is COc1cccc(C)c1N=NC(c1ccccc1)c1ccccc1. The third-order valence-electron chi connectivity index (χ3n) is 3.92. The van der Waals surface area contributed by atoms with Crippen LogP contribution in [-0.4, -0.2) is 7.11 Å². The molecule has 0 N–H and O–H groups in total. The average Bonchev–Trinajstić information content (AvgIpc) is 2.64. The van der Waals surface area contributed by atoms with Gasteiger partial charge in [0.25, 0.3) is 0 Å². The van der Waals surface area contributed by atoms with Gasteiger partial charge in [0, 0.05) is 0 Å². The predicted molar refractivity (Wildman–Crippen MR) is 97.0 cm³/mol. The fraction of sp³-hybridized carbons (Fsp3) is 0.143. The molecule has 0 aliphatic heterocycles. The molecule has 0 aromatic heterocycles. The van der Waals surface area contributed by atoms with E-state index in [4.69, 9.17) is 4.74 Å². The number of aryl methyl sites for hydroxylation is 1. The lowest BCUT2D eigenvalue weighted by Crippen LogP contribution is -1.97. The lowest BCUT2D eigenvalue weighted by Gasteiger charge is -2.13. The molecule has 0 amide bonds. The molecule has 0 aliphatic carbocycles. The second-order valence-corrected chi connectivity index (χ2v) is 5.57. The van der Waals surface area contributed by atoms with E-state index < -0.39 is 0 Å². The van der Waals surface area contributed by atoms with E-state index in [0.29, 0.717) is 0 Å². The summed E-state index contributed by atoms with van der Waals surface area (Å²) in [5, 5.41) is 9.18. The number of azo groups is 1. The maximum atomic E-state index is 5.42. The molecule has 3 nitrogen and oxygen atoms in total. The summed E-state index contributed by atoms with van der Waals surface area (Å²) in [6, 6.07) is 26.1. The van der Waals surface area contributed by atoms with Crippen molar-refractivity contribution in [3.05, 3.63) is 95.6 Å². The first-order valence-corrected chi connectivity index (χ1v) is 7.94. The second-order valence-electron chi connectivity index (χ2n) is 5.57. The Kier molecular flexibility index (Phi) is 5.02. The molecule has 0 saturated heterocycles. The summed E-state index contributed by atoms with van der Waals surface area (Å²) < 4.78 is 5.42. The first-order valence-electron chi connectivity index (χ1n) is 7.94. The molecule has 0 atom stereocenters. The zero-order valence-electron chi connectivity index (χ0n) is 13.9. The largest absolute Gasteiger partial charge is 0.494 e. The van der Waals surface area contributed by atoms with Gasteiger partial charge in [-0.05, 0) is 29.7 Å². The Bertz CT molecular complexity index is 774. The molecule has 24 heavy (non-hydrogen) atoms.